The van der Waals surface area contributed by atoms with E-state index in [1.54, 1.807) is 0 Å². The number of carbonyl (C=O) groups is 1. The number of carbonyl (C=O) groups excluding carboxylic acids is 1. The lowest BCUT2D eigenvalue weighted by molar-refractivity contribution is -0.135. The van der Waals surface area contributed by atoms with Crippen molar-refractivity contribution in [3.05, 3.63) is 0 Å². The van der Waals surface area contributed by atoms with Crippen LogP contribution in [0.5, 0.6) is 0 Å². The van der Waals surface area contributed by atoms with E-state index in [9.17, 15) is 4.79 Å². The van der Waals surface area contributed by atoms with Gasteiger partial charge < -0.3 is 4.90 Å². The molecule has 0 radical (unpaired) electrons. The van der Waals surface area contributed by atoms with Crippen LogP contribution in [0.4, 0.5) is 0 Å². The zero-order valence-corrected chi connectivity index (χ0v) is 10.5. The summed E-state index contributed by atoms with van der Waals surface area (Å²) in [7, 11) is 0. The Morgan fingerprint density at radius 1 is 1.00 bits per heavy atom. The molecule has 3 heteroatoms. The van der Waals surface area contributed by atoms with Gasteiger partial charge in [-0.2, -0.15) is 0 Å². The molecule has 0 N–H and O–H groups in total. The second kappa shape index (κ2) is 5.50. The molecule has 0 unspecified atom stereocenters. The quantitative estimate of drug-likeness (QED) is 0.696. The summed E-state index contributed by atoms with van der Waals surface area (Å²) < 4.78 is 0. The molecule has 0 aromatic rings. The van der Waals surface area contributed by atoms with Crippen molar-refractivity contribution in [1.29, 1.82) is 0 Å². The molecular weight excluding hydrogens is 188 g/mol. The summed E-state index contributed by atoms with van der Waals surface area (Å²) in [4.78, 5) is 16.3. The first-order chi connectivity index (χ1) is 7.02. The predicted molar refractivity (Wildman–Crippen MR) is 62.8 cm³/mol. The highest BCUT2D eigenvalue weighted by Gasteiger charge is 2.22. The van der Waals surface area contributed by atoms with Gasteiger partial charge in [0.2, 0.25) is 5.91 Å². The molecule has 1 aliphatic heterocycles. The zero-order chi connectivity index (χ0) is 11.4. The molecule has 1 fully saturated rings. The highest BCUT2D eigenvalue weighted by molar-refractivity contribution is 5.78. The average Bonchev–Trinajstić information content (AvgIpc) is 2.10. The van der Waals surface area contributed by atoms with Crippen LogP contribution in [0, 0.1) is 0 Å². The second-order valence-electron chi connectivity index (χ2n) is 4.95. The van der Waals surface area contributed by atoms with Crippen LogP contribution in [0.3, 0.4) is 0 Å². The van der Waals surface area contributed by atoms with Gasteiger partial charge >= 0.3 is 0 Å². The van der Waals surface area contributed by atoms with E-state index in [2.05, 4.69) is 32.6 Å². The summed E-state index contributed by atoms with van der Waals surface area (Å²) in [5, 5.41) is 0. The number of hydrogen-bond donors (Lipinski definition) is 0. The van der Waals surface area contributed by atoms with Gasteiger partial charge in [0.05, 0.1) is 6.54 Å². The van der Waals surface area contributed by atoms with Crippen molar-refractivity contribution in [3.8, 4) is 0 Å². The van der Waals surface area contributed by atoms with Crippen molar-refractivity contribution in [1.82, 2.24) is 9.80 Å². The summed E-state index contributed by atoms with van der Waals surface area (Å²) >= 11 is 0. The maximum absolute atomic E-state index is 12.0. The van der Waals surface area contributed by atoms with E-state index in [1.165, 1.54) is 6.42 Å². The second-order valence-corrected chi connectivity index (χ2v) is 4.95. The Balaban J connectivity index is 2.63. The Labute approximate surface area is 93.4 Å². The molecule has 3 nitrogen and oxygen atoms in total. The Morgan fingerprint density at radius 2 is 1.60 bits per heavy atom. The lowest BCUT2D eigenvalue weighted by atomic mass is 10.1. The highest BCUT2D eigenvalue weighted by Crippen LogP contribution is 2.10. The van der Waals surface area contributed by atoms with Crippen molar-refractivity contribution < 1.29 is 4.79 Å². The van der Waals surface area contributed by atoms with Crippen molar-refractivity contribution in [2.24, 2.45) is 0 Å². The summed E-state index contributed by atoms with van der Waals surface area (Å²) in [5.41, 5.74) is 0. The Kier molecular flexibility index (Phi) is 4.58. The van der Waals surface area contributed by atoms with Crippen LogP contribution in [0.2, 0.25) is 0 Å². The summed E-state index contributed by atoms with van der Waals surface area (Å²) in [6, 6.07) is 0.811. The molecule has 1 saturated heterocycles. The normalized spacial score (nSPS) is 20.9. The van der Waals surface area contributed by atoms with Crippen molar-refractivity contribution in [2.45, 2.75) is 52.6 Å². The van der Waals surface area contributed by atoms with E-state index < -0.39 is 0 Å². The minimum Gasteiger partial charge on any atom is -0.339 e. The number of rotatable bonds is 2. The molecule has 1 heterocycles. The first kappa shape index (κ1) is 12.5. The van der Waals surface area contributed by atoms with Crippen molar-refractivity contribution >= 4 is 5.91 Å². The van der Waals surface area contributed by atoms with Crippen LogP contribution < -0.4 is 0 Å². The Hall–Kier alpha value is -0.570. The van der Waals surface area contributed by atoms with Gasteiger partial charge in [-0.25, -0.2) is 0 Å². The third kappa shape index (κ3) is 3.49. The summed E-state index contributed by atoms with van der Waals surface area (Å²) in [5.74, 6) is 0.290. The van der Waals surface area contributed by atoms with Gasteiger partial charge in [0, 0.05) is 18.6 Å². The first-order valence-corrected chi connectivity index (χ1v) is 6.06. The molecule has 15 heavy (non-hydrogen) atoms. The van der Waals surface area contributed by atoms with Crippen molar-refractivity contribution in [3.63, 3.8) is 0 Å². The topological polar surface area (TPSA) is 23.6 Å². The largest absolute Gasteiger partial charge is 0.339 e. The van der Waals surface area contributed by atoms with E-state index >= 15 is 0 Å². The minimum atomic E-state index is 0.290. The van der Waals surface area contributed by atoms with Gasteiger partial charge in [-0.05, 0) is 47.1 Å². The molecule has 0 atom stereocenters. The predicted octanol–water partition coefficient (Wildman–Crippen LogP) is 1.73. The van der Waals surface area contributed by atoms with Crippen molar-refractivity contribution in [2.75, 3.05) is 19.6 Å². The molecule has 0 saturated carbocycles. The van der Waals surface area contributed by atoms with E-state index in [-0.39, 0.29) is 0 Å². The van der Waals surface area contributed by atoms with Crippen LogP contribution in [0.1, 0.15) is 40.5 Å². The maximum atomic E-state index is 12.0. The molecular formula is C12H24N2O. The van der Waals surface area contributed by atoms with Gasteiger partial charge in [0.25, 0.3) is 0 Å². The fourth-order valence-electron chi connectivity index (χ4n) is 2.05. The summed E-state index contributed by atoms with van der Waals surface area (Å²) in [6.07, 6.45) is 2.34. The fourth-order valence-corrected chi connectivity index (χ4v) is 2.05. The standard InChI is InChI=1S/C12H24N2O/c1-10(2)13-7-5-6-8-14(11(3)4)12(15)9-13/h10-11H,5-9H2,1-4H3. The van der Waals surface area contributed by atoms with Gasteiger partial charge in [0.1, 0.15) is 0 Å². The molecule has 0 aliphatic carbocycles. The SMILES string of the molecule is CC(C)N1CCCCN(C(C)C)C(=O)C1. The highest BCUT2D eigenvalue weighted by atomic mass is 16.2. The van der Waals surface area contributed by atoms with E-state index in [1.807, 2.05) is 4.90 Å². The number of amides is 1. The first-order valence-electron chi connectivity index (χ1n) is 6.06. The molecule has 0 spiro atoms. The van der Waals surface area contributed by atoms with Crippen LogP contribution in [-0.2, 0) is 4.79 Å². The third-order valence-electron chi connectivity index (χ3n) is 3.11. The minimum absolute atomic E-state index is 0.290. The third-order valence-corrected chi connectivity index (χ3v) is 3.11. The fraction of sp³-hybridized carbons (Fsp3) is 0.917. The van der Waals surface area contributed by atoms with E-state index in [0.29, 0.717) is 24.5 Å². The van der Waals surface area contributed by atoms with E-state index in [0.717, 1.165) is 19.5 Å². The lowest BCUT2D eigenvalue weighted by Crippen LogP contribution is -2.48. The van der Waals surface area contributed by atoms with Crippen LogP contribution in [0.15, 0.2) is 0 Å². The Bertz CT molecular complexity index is 214. The molecule has 1 aliphatic rings. The van der Waals surface area contributed by atoms with Gasteiger partial charge in [0.15, 0.2) is 0 Å². The van der Waals surface area contributed by atoms with Gasteiger partial charge in [-0.1, -0.05) is 0 Å². The van der Waals surface area contributed by atoms with E-state index in [4.69, 9.17) is 0 Å². The lowest BCUT2D eigenvalue weighted by Gasteiger charge is -2.34. The summed E-state index contributed by atoms with van der Waals surface area (Å²) in [6.45, 7) is 11.1. The molecule has 88 valence electrons. The number of hydrogen-bond acceptors (Lipinski definition) is 2. The molecule has 1 rings (SSSR count). The molecule has 0 bridgehead atoms. The number of nitrogens with zero attached hydrogens (tertiary/aromatic N) is 2. The maximum Gasteiger partial charge on any atom is 0.236 e. The molecule has 0 aromatic carbocycles. The van der Waals surface area contributed by atoms with Crippen LogP contribution in [-0.4, -0.2) is 47.4 Å². The Morgan fingerprint density at radius 3 is 2.13 bits per heavy atom. The monoisotopic (exact) mass is 212 g/mol. The molecule has 0 aromatic heterocycles. The van der Waals surface area contributed by atoms with Gasteiger partial charge in [-0.3, -0.25) is 9.69 Å². The van der Waals surface area contributed by atoms with Crippen LogP contribution >= 0.6 is 0 Å². The van der Waals surface area contributed by atoms with Gasteiger partial charge in [-0.15, -0.1) is 0 Å². The van der Waals surface area contributed by atoms with Crippen LogP contribution in [0.25, 0.3) is 0 Å². The average molecular weight is 212 g/mol. The smallest absolute Gasteiger partial charge is 0.236 e. The zero-order valence-electron chi connectivity index (χ0n) is 10.5. The molecule has 1 amide bonds.